The fourth-order valence-corrected chi connectivity index (χ4v) is 4.31. The first-order chi connectivity index (χ1) is 12.2. The van der Waals surface area contributed by atoms with Crippen LogP contribution in [0.15, 0.2) is 35.0 Å². The molecule has 5 nitrogen and oxygen atoms in total. The summed E-state index contributed by atoms with van der Waals surface area (Å²) in [6.45, 7) is 2.24. The molecule has 4 rings (SSSR count). The Bertz CT molecular complexity index is 903. The average Bonchev–Trinajstić information content (AvgIpc) is 3.30. The maximum Gasteiger partial charge on any atom is 0.231 e. The number of nitrogens with one attached hydrogen (secondary N) is 1. The topological polar surface area (TPSA) is 60.5 Å². The molecule has 1 aliphatic heterocycles. The molecule has 0 saturated heterocycles. The third kappa shape index (κ3) is 3.67. The molecule has 0 saturated carbocycles. The summed E-state index contributed by atoms with van der Waals surface area (Å²) >= 11 is 3.11. The molecule has 3 aromatic rings. The first-order valence-corrected chi connectivity index (χ1v) is 9.59. The van der Waals surface area contributed by atoms with Gasteiger partial charge in [0.25, 0.3) is 0 Å². The predicted octanol–water partition coefficient (Wildman–Crippen LogP) is 4.01. The molecule has 1 amide bonds. The summed E-state index contributed by atoms with van der Waals surface area (Å²) in [6, 6.07) is 7.91. The van der Waals surface area contributed by atoms with Crippen molar-refractivity contribution in [2.24, 2.45) is 0 Å². The van der Waals surface area contributed by atoms with Crippen molar-refractivity contribution < 1.29 is 14.3 Å². The number of aromatic nitrogens is 1. The van der Waals surface area contributed by atoms with Crippen molar-refractivity contribution in [1.29, 1.82) is 0 Å². The largest absolute Gasteiger partial charge is 0.454 e. The minimum Gasteiger partial charge on any atom is -0.454 e. The van der Waals surface area contributed by atoms with Crippen LogP contribution >= 0.6 is 22.7 Å². The minimum atomic E-state index is -0.0400. The summed E-state index contributed by atoms with van der Waals surface area (Å²) in [5.74, 6) is 1.52. The van der Waals surface area contributed by atoms with E-state index in [2.05, 4.69) is 10.3 Å². The van der Waals surface area contributed by atoms with Crippen LogP contribution in [0.2, 0.25) is 0 Å². The van der Waals surface area contributed by atoms with Gasteiger partial charge in [-0.05, 0) is 47.0 Å². The van der Waals surface area contributed by atoms with Crippen molar-refractivity contribution in [2.75, 3.05) is 12.1 Å². The second-order valence-electron chi connectivity index (χ2n) is 5.75. The standard InChI is InChI=1S/C18H16N2O3S2/c1-11-16(7-12-2-3-14-15(6-12)23-10-22-14)25-18(19-11)20-17(21)8-13-4-5-24-9-13/h2-6,9H,7-8,10H2,1H3,(H,19,20,21). The maximum absolute atomic E-state index is 12.1. The van der Waals surface area contributed by atoms with Crippen LogP contribution < -0.4 is 14.8 Å². The molecule has 2 aromatic heterocycles. The van der Waals surface area contributed by atoms with E-state index in [1.54, 1.807) is 11.3 Å². The normalized spacial score (nSPS) is 12.4. The van der Waals surface area contributed by atoms with E-state index in [1.165, 1.54) is 11.3 Å². The van der Waals surface area contributed by atoms with Crippen LogP contribution in [0.4, 0.5) is 5.13 Å². The molecule has 0 radical (unpaired) electrons. The number of aryl methyl sites for hydroxylation is 1. The average molecular weight is 372 g/mol. The van der Waals surface area contributed by atoms with Gasteiger partial charge < -0.3 is 14.8 Å². The molecule has 0 atom stereocenters. The number of benzene rings is 1. The number of fused-ring (bicyclic) bond motifs is 1. The lowest BCUT2D eigenvalue weighted by Crippen LogP contribution is -2.13. The van der Waals surface area contributed by atoms with Gasteiger partial charge >= 0.3 is 0 Å². The molecule has 128 valence electrons. The predicted molar refractivity (Wildman–Crippen MR) is 98.9 cm³/mol. The van der Waals surface area contributed by atoms with Crippen molar-refractivity contribution in [3.05, 3.63) is 56.7 Å². The van der Waals surface area contributed by atoms with Gasteiger partial charge in [0.2, 0.25) is 12.7 Å². The van der Waals surface area contributed by atoms with Gasteiger partial charge in [-0.25, -0.2) is 4.98 Å². The Hall–Kier alpha value is -2.38. The number of rotatable bonds is 5. The lowest BCUT2D eigenvalue weighted by atomic mass is 10.1. The Labute approximate surface area is 153 Å². The number of hydrogen-bond donors (Lipinski definition) is 1. The molecule has 0 bridgehead atoms. The second kappa shape index (κ2) is 6.85. The van der Waals surface area contributed by atoms with Crippen LogP contribution in [0.5, 0.6) is 11.5 Å². The van der Waals surface area contributed by atoms with Crippen LogP contribution in [0.3, 0.4) is 0 Å². The van der Waals surface area contributed by atoms with Gasteiger partial charge in [-0.2, -0.15) is 11.3 Å². The Morgan fingerprint density at radius 2 is 2.12 bits per heavy atom. The highest BCUT2D eigenvalue weighted by atomic mass is 32.1. The molecule has 3 heterocycles. The fraction of sp³-hybridized carbons (Fsp3) is 0.222. The fourth-order valence-electron chi connectivity index (χ4n) is 2.62. The summed E-state index contributed by atoms with van der Waals surface area (Å²) in [4.78, 5) is 17.7. The third-order valence-corrected chi connectivity index (χ3v) is 5.69. The van der Waals surface area contributed by atoms with Gasteiger partial charge in [0.15, 0.2) is 16.6 Å². The van der Waals surface area contributed by atoms with E-state index >= 15 is 0 Å². The van der Waals surface area contributed by atoms with Gasteiger partial charge in [-0.3, -0.25) is 4.79 Å². The molecule has 1 N–H and O–H groups in total. The number of carbonyl (C=O) groups excluding carboxylic acids is 1. The Morgan fingerprint density at radius 1 is 1.24 bits per heavy atom. The summed E-state index contributed by atoms with van der Waals surface area (Å²) in [7, 11) is 0. The number of thiazole rings is 1. The molecule has 0 aliphatic carbocycles. The first kappa shape index (κ1) is 16.1. The van der Waals surface area contributed by atoms with E-state index < -0.39 is 0 Å². The van der Waals surface area contributed by atoms with E-state index in [0.29, 0.717) is 11.6 Å². The van der Waals surface area contributed by atoms with Crippen LogP contribution in [-0.4, -0.2) is 17.7 Å². The van der Waals surface area contributed by atoms with Crippen molar-refractivity contribution in [2.45, 2.75) is 19.8 Å². The van der Waals surface area contributed by atoms with E-state index in [9.17, 15) is 4.79 Å². The van der Waals surface area contributed by atoms with Gasteiger partial charge in [0.1, 0.15) is 0 Å². The SMILES string of the molecule is Cc1nc(NC(=O)Cc2ccsc2)sc1Cc1ccc2c(c1)OCO2. The molecular formula is C18H16N2O3S2. The number of anilines is 1. The highest BCUT2D eigenvalue weighted by molar-refractivity contribution is 7.15. The highest BCUT2D eigenvalue weighted by Gasteiger charge is 2.15. The molecule has 0 fully saturated rings. The number of ether oxygens (including phenoxy) is 2. The van der Waals surface area contributed by atoms with Crippen molar-refractivity contribution in [3.63, 3.8) is 0 Å². The van der Waals surface area contributed by atoms with Gasteiger partial charge in [-0.1, -0.05) is 6.07 Å². The van der Waals surface area contributed by atoms with Crippen molar-refractivity contribution >= 4 is 33.7 Å². The van der Waals surface area contributed by atoms with Crippen molar-refractivity contribution in [1.82, 2.24) is 4.98 Å². The number of amides is 1. The van der Waals surface area contributed by atoms with Gasteiger partial charge in [0, 0.05) is 11.3 Å². The van der Waals surface area contributed by atoms with E-state index in [4.69, 9.17) is 9.47 Å². The third-order valence-electron chi connectivity index (χ3n) is 3.89. The second-order valence-corrected chi connectivity index (χ2v) is 7.61. The molecular weight excluding hydrogens is 356 g/mol. The number of nitrogens with zero attached hydrogens (tertiary/aromatic N) is 1. The smallest absolute Gasteiger partial charge is 0.231 e. The van der Waals surface area contributed by atoms with Crippen LogP contribution in [0.25, 0.3) is 0 Å². The van der Waals surface area contributed by atoms with Crippen molar-refractivity contribution in [3.8, 4) is 11.5 Å². The highest BCUT2D eigenvalue weighted by Crippen LogP contribution is 2.34. The summed E-state index contributed by atoms with van der Waals surface area (Å²) in [5, 5.41) is 7.50. The Morgan fingerprint density at radius 3 is 2.96 bits per heavy atom. The molecule has 1 aliphatic rings. The van der Waals surface area contributed by atoms with E-state index in [1.807, 2.05) is 41.9 Å². The molecule has 7 heteroatoms. The van der Waals surface area contributed by atoms with Gasteiger partial charge in [-0.15, -0.1) is 11.3 Å². The van der Waals surface area contributed by atoms with E-state index in [-0.39, 0.29) is 12.7 Å². The zero-order valence-electron chi connectivity index (χ0n) is 13.6. The number of carbonyl (C=O) groups is 1. The maximum atomic E-state index is 12.1. The quantitative estimate of drug-likeness (QED) is 0.735. The first-order valence-electron chi connectivity index (χ1n) is 7.83. The zero-order valence-corrected chi connectivity index (χ0v) is 15.2. The van der Waals surface area contributed by atoms with E-state index in [0.717, 1.165) is 39.6 Å². The summed E-state index contributed by atoms with van der Waals surface area (Å²) in [6.07, 6.45) is 1.13. The molecule has 25 heavy (non-hydrogen) atoms. The number of hydrogen-bond acceptors (Lipinski definition) is 6. The summed E-state index contributed by atoms with van der Waals surface area (Å²) < 4.78 is 10.8. The minimum absolute atomic E-state index is 0.0400. The Kier molecular flexibility index (Phi) is 4.42. The van der Waals surface area contributed by atoms with Crippen LogP contribution in [-0.2, 0) is 17.6 Å². The summed E-state index contributed by atoms with van der Waals surface area (Å²) in [5.41, 5.74) is 3.09. The van der Waals surface area contributed by atoms with Gasteiger partial charge in [0.05, 0.1) is 12.1 Å². The number of thiophene rings is 1. The lowest BCUT2D eigenvalue weighted by molar-refractivity contribution is -0.115. The van der Waals surface area contributed by atoms with Crippen LogP contribution in [0.1, 0.15) is 21.7 Å². The zero-order chi connectivity index (χ0) is 17.2. The molecule has 1 aromatic carbocycles. The Balaban J connectivity index is 1.44. The lowest BCUT2D eigenvalue weighted by Gasteiger charge is -2.02. The monoisotopic (exact) mass is 372 g/mol. The van der Waals surface area contributed by atoms with Crippen LogP contribution in [0, 0.1) is 6.92 Å². The molecule has 0 spiro atoms. The molecule has 0 unspecified atom stereocenters.